The Morgan fingerprint density at radius 2 is 2.00 bits per heavy atom. The number of nitrogens with two attached hydrogens (primary N) is 1. The monoisotopic (exact) mass is 163 g/mol. The Kier molecular flexibility index (Phi) is 6.41. The molecule has 0 aromatic heterocycles. The summed E-state index contributed by atoms with van der Waals surface area (Å²) in [5.41, 5.74) is 2.67. The third kappa shape index (κ3) is 5.28. The van der Waals surface area contributed by atoms with E-state index in [0.29, 0.717) is 0 Å². The fourth-order valence-corrected chi connectivity index (χ4v) is 0.354. The van der Waals surface area contributed by atoms with Crippen molar-refractivity contribution >= 4 is 10.1 Å². The van der Waals surface area contributed by atoms with Crippen LogP contribution in [0.25, 0.3) is 0 Å². The van der Waals surface area contributed by atoms with Crippen molar-refractivity contribution in [2.75, 3.05) is 6.54 Å². The quantitative estimate of drug-likeness (QED) is 0.313. The average Bonchev–Trinajstić information content (AvgIpc) is 1.62. The zero-order valence-electron chi connectivity index (χ0n) is 4.94. The van der Waals surface area contributed by atoms with Gasteiger partial charge in [0, 0.05) is 6.54 Å². The van der Waals surface area contributed by atoms with Crippen LogP contribution in [0.15, 0.2) is 0 Å². The van der Waals surface area contributed by atoms with Crippen LogP contribution in [0.3, 0.4) is 0 Å². The molecule has 0 saturated heterocycles. The summed E-state index contributed by atoms with van der Waals surface area (Å²) >= 11 is 0. The van der Waals surface area contributed by atoms with Crippen LogP contribution in [0.4, 0.5) is 0 Å². The second kappa shape index (κ2) is 4.62. The summed E-state index contributed by atoms with van der Waals surface area (Å²) in [6, 6.07) is 0. The van der Waals surface area contributed by atoms with Gasteiger partial charge >= 0.3 is 29.6 Å². The molecular weight excluding hydrogens is 157 g/mol. The smallest absolute Gasteiger partial charge is 0.746 e. The van der Waals surface area contributed by atoms with Crippen LogP contribution in [0, 0.1) is 0 Å². The van der Waals surface area contributed by atoms with Crippen LogP contribution < -0.4 is 35.3 Å². The van der Waals surface area contributed by atoms with Crippen molar-refractivity contribution in [2.24, 2.45) is 5.73 Å². The summed E-state index contributed by atoms with van der Waals surface area (Å²) < 4.78 is 29.0. The average molecular weight is 163 g/mol. The molecule has 0 aliphatic rings. The number of hydrogen-bond donors (Lipinski definition) is 2. The van der Waals surface area contributed by atoms with Gasteiger partial charge in [-0.1, -0.05) is 0 Å². The molecule has 0 heterocycles. The molecule has 0 aliphatic heterocycles. The van der Waals surface area contributed by atoms with Crippen LogP contribution in [0.5, 0.6) is 0 Å². The summed E-state index contributed by atoms with van der Waals surface area (Å²) in [5, 5.41) is 8.17. The summed E-state index contributed by atoms with van der Waals surface area (Å²) in [6.07, 6.45) is 0. The van der Waals surface area contributed by atoms with Crippen molar-refractivity contribution < 1.29 is 47.6 Å². The van der Waals surface area contributed by atoms with Gasteiger partial charge in [0.15, 0.2) is 5.44 Å². The van der Waals surface area contributed by atoms with E-state index in [1.165, 1.54) is 0 Å². The molecule has 0 spiro atoms. The first-order valence-corrected chi connectivity index (χ1v) is 3.28. The number of aliphatic hydroxyl groups excluding tert-OH is 1. The van der Waals surface area contributed by atoms with Gasteiger partial charge in [0.1, 0.15) is 10.1 Å². The first kappa shape index (κ1) is 12.5. The molecule has 50 valence electrons. The van der Waals surface area contributed by atoms with Gasteiger partial charge in [-0.25, -0.2) is 8.42 Å². The van der Waals surface area contributed by atoms with E-state index in [2.05, 4.69) is 5.73 Å². The maximum atomic E-state index is 9.68. The van der Waals surface area contributed by atoms with Gasteiger partial charge in [0.2, 0.25) is 0 Å². The predicted molar refractivity (Wildman–Crippen MR) is 24.8 cm³/mol. The normalized spacial score (nSPS) is 14.1. The topological polar surface area (TPSA) is 103 Å². The fourth-order valence-electron chi connectivity index (χ4n) is 0.118. The summed E-state index contributed by atoms with van der Waals surface area (Å²) in [7, 11) is -4.57. The van der Waals surface area contributed by atoms with Crippen molar-refractivity contribution in [3.8, 4) is 0 Å². The zero-order chi connectivity index (χ0) is 6.78. The Morgan fingerprint density at radius 1 is 1.67 bits per heavy atom. The molecule has 0 amide bonds. The molecular formula is C2H6NNaO4S. The molecule has 0 bridgehead atoms. The van der Waals surface area contributed by atoms with Crippen LogP contribution in [0.1, 0.15) is 0 Å². The molecule has 0 fully saturated rings. The van der Waals surface area contributed by atoms with E-state index in [1.807, 2.05) is 0 Å². The first-order valence-electron chi connectivity index (χ1n) is 1.81. The predicted octanol–water partition coefficient (Wildman–Crippen LogP) is -5.19. The Labute approximate surface area is 75.3 Å². The van der Waals surface area contributed by atoms with E-state index in [-0.39, 0.29) is 29.6 Å². The van der Waals surface area contributed by atoms with Gasteiger partial charge in [-0.05, 0) is 0 Å². The van der Waals surface area contributed by atoms with Crippen LogP contribution >= 0.6 is 0 Å². The molecule has 0 rings (SSSR count). The van der Waals surface area contributed by atoms with Crippen LogP contribution in [-0.2, 0) is 10.1 Å². The van der Waals surface area contributed by atoms with Crippen molar-refractivity contribution in [1.29, 1.82) is 0 Å². The second-order valence-corrected chi connectivity index (χ2v) is 2.71. The van der Waals surface area contributed by atoms with Crippen molar-refractivity contribution in [3.05, 3.63) is 0 Å². The summed E-state index contributed by atoms with van der Waals surface area (Å²) in [6.45, 7) is -0.550. The molecule has 0 aliphatic carbocycles. The Hall–Kier alpha value is 0.830. The minimum atomic E-state index is -4.57. The van der Waals surface area contributed by atoms with Gasteiger partial charge in [0.25, 0.3) is 0 Å². The van der Waals surface area contributed by atoms with E-state index in [0.717, 1.165) is 0 Å². The fraction of sp³-hybridized carbons (Fsp3) is 1.00. The molecule has 3 N–H and O–H groups in total. The van der Waals surface area contributed by atoms with Gasteiger partial charge in [-0.15, -0.1) is 0 Å². The Bertz CT molecular complexity index is 154. The summed E-state index contributed by atoms with van der Waals surface area (Å²) in [5.74, 6) is 0. The minimum Gasteiger partial charge on any atom is -0.746 e. The van der Waals surface area contributed by atoms with Crippen molar-refractivity contribution in [1.82, 2.24) is 0 Å². The molecule has 5 nitrogen and oxygen atoms in total. The standard InChI is InChI=1S/C2H7NO4S.Na/c3-1-2(4)8(5,6)7;/h2,4H,1,3H2,(H,5,6,7);/q;+1/p-1. The molecule has 0 aromatic rings. The van der Waals surface area contributed by atoms with Gasteiger partial charge < -0.3 is 15.4 Å². The first-order chi connectivity index (χ1) is 3.48. The number of rotatable bonds is 2. The van der Waals surface area contributed by atoms with Crippen molar-refractivity contribution in [2.45, 2.75) is 5.44 Å². The number of hydrogen-bond acceptors (Lipinski definition) is 5. The molecule has 9 heavy (non-hydrogen) atoms. The zero-order valence-corrected chi connectivity index (χ0v) is 7.76. The Morgan fingerprint density at radius 3 is 2.00 bits per heavy atom. The third-order valence-corrected chi connectivity index (χ3v) is 1.39. The van der Waals surface area contributed by atoms with Crippen LogP contribution in [0.2, 0.25) is 0 Å². The van der Waals surface area contributed by atoms with Crippen molar-refractivity contribution in [3.63, 3.8) is 0 Å². The molecule has 0 saturated carbocycles. The van der Waals surface area contributed by atoms with E-state index in [4.69, 9.17) is 5.11 Å². The van der Waals surface area contributed by atoms with E-state index in [1.54, 1.807) is 0 Å². The molecule has 1 unspecified atom stereocenters. The molecule has 0 radical (unpaired) electrons. The largest absolute Gasteiger partial charge is 1.00 e. The van der Waals surface area contributed by atoms with E-state index < -0.39 is 22.1 Å². The van der Waals surface area contributed by atoms with Crippen LogP contribution in [-0.4, -0.2) is 30.1 Å². The van der Waals surface area contributed by atoms with Gasteiger partial charge in [0.05, 0.1) is 0 Å². The molecule has 7 heteroatoms. The maximum Gasteiger partial charge on any atom is 1.00 e. The van der Waals surface area contributed by atoms with Gasteiger partial charge in [-0.3, -0.25) is 0 Å². The minimum absolute atomic E-state index is 0. The molecule has 0 aromatic carbocycles. The number of aliphatic hydroxyl groups is 1. The molecule has 1 atom stereocenters. The van der Waals surface area contributed by atoms with Gasteiger partial charge in [-0.2, -0.15) is 0 Å². The SMILES string of the molecule is NCC(O)S(=O)(=O)[O-].[Na+]. The Balaban J connectivity index is 0. The maximum absolute atomic E-state index is 9.68. The van der Waals surface area contributed by atoms with E-state index >= 15 is 0 Å². The summed E-state index contributed by atoms with van der Waals surface area (Å²) in [4.78, 5) is 0. The second-order valence-electron chi connectivity index (χ2n) is 1.18. The van der Waals surface area contributed by atoms with E-state index in [9.17, 15) is 13.0 Å². The third-order valence-electron chi connectivity index (χ3n) is 0.535.